The van der Waals surface area contributed by atoms with Gasteiger partial charge in [0.15, 0.2) is 11.5 Å². The summed E-state index contributed by atoms with van der Waals surface area (Å²) in [6, 6.07) is 16.0. The molecule has 2 aromatic carbocycles. The molecule has 124 valence electrons. The predicted molar refractivity (Wildman–Crippen MR) is 89.8 cm³/mol. The molecule has 0 aromatic heterocycles. The average molecular weight is 324 g/mol. The molecule has 5 heteroatoms. The topological polar surface area (TPSA) is 50.8 Å². The lowest BCUT2D eigenvalue weighted by Gasteiger charge is -2.25. The van der Waals surface area contributed by atoms with E-state index in [1.54, 1.807) is 0 Å². The van der Waals surface area contributed by atoms with E-state index in [4.69, 9.17) is 9.47 Å². The number of nitrogens with zero attached hydrogens (tertiary/aromatic N) is 1. The van der Waals surface area contributed by atoms with Crippen molar-refractivity contribution in [3.8, 4) is 11.5 Å². The van der Waals surface area contributed by atoms with E-state index in [2.05, 4.69) is 22.3 Å². The lowest BCUT2D eigenvalue weighted by Crippen LogP contribution is -2.28. The van der Waals surface area contributed by atoms with Gasteiger partial charge >= 0.3 is 0 Å². The number of hydrogen-bond donors (Lipinski definition) is 1. The Hall–Kier alpha value is -2.53. The summed E-state index contributed by atoms with van der Waals surface area (Å²) in [7, 11) is 0. The number of hydrogen-bond acceptors (Lipinski definition) is 4. The van der Waals surface area contributed by atoms with E-state index >= 15 is 0 Å². The second-order valence-electron chi connectivity index (χ2n) is 6.09. The van der Waals surface area contributed by atoms with Crippen molar-refractivity contribution in [2.45, 2.75) is 19.1 Å². The highest BCUT2D eigenvalue weighted by atomic mass is 16.5. The molecular weight excluding hydrogens is 304 g/mol. The highest BCUT2D eigenvalue weighted by Crippen LogP contribution is 2.39. The fourth-order valence-corrected chi connectivity index (χ4v) is 3.24. The second-order valence-corrected chi connectivity index (χ2v) is 6.09. The van der Waals surface area contributed by atoms with E-state index in [1.165, 1.54) is 5.56 Å². The third-order valence-corrected chi connectivity index (χ3v) is 4.33. The molecule has 0 bridgehead atoms. The minimum Gasteiger partial charge on any atom is -0.490 e. The fraction of sp³-hybridized carbons (Fsp3) is 0.316. The van der Waals surface area contributed by atoms with E-state index in [1.807, 2.05) is 36.4 Å². The predicted octanol–water partition coefficient (Wildman–Crippen LogP) is 2.48. The van der Waals surface area contributed by atoms with Gasteiger partial charge in [0.05, 0.1) is 19.8 Å². The number of para-hydroxylation sites is 1. The highest BCUT2D eigenvalue weighted by molar-refractivity contribution is 5.81. The number of benzene rings is 2. The summed E-state index contributed by atoms with van der Waals surface area (Å²) < 4.78 is 11.7. The first-order valence-electron chi connectivity index (χ1n) is 8.27. The number of rotatable bonds is 3. The number of fused-ring (bicyclic) bond motifs is 1. The standard InChI is InChI=1S/C19H20N2O3/c22-17-13-21(12-14-6-2-1-3-7-14)19(20-17)15-8-4-9-16-18(15)24-11-5-10-23-16/h1-4,6-9,19H,5,10-13H2,(H,20,22)/t19-/m0/s1. The third-order valence-electron chi connectivity index (χ3n) is 4.33. The van der Waals surface area contributed by atoms with E-state index < -0.39 is 0 Å². The maximum atomic E-state index is 12.0. The molecule has 0 unspecified atom stereocenters. The van der Waals surface area contributed by atoms with Gasteiger partial charge < -0.3 is 14.8 Å². The Morgan fingerprint density at radius 3 is 2.75 bits per heavy atom. The van der Waals surface area contributed by atoms with Crippen LogP contribution in [0.5, 0.6) is 11.5 Å². The monoisotopic (exact) mass is 324 g/mol. The van der Waals surface area contributed by atoms with Gasteiger partial charge in [-0.1, -0.05) is 42.5 Å². The van der Waals surface area contributed by atoms with Gasteiger partial charge in [-0.2, -0.15) is 0 Å². The van der Waals surface area contributed by atoms with Crippen LogP contribution in [-0.4, -0.2) is 30.6 Å². The Bertz CT molecular complexity index is 733. The van der Waals surface area contributed by atoms with Crippen molar-refractivity contribution in [1.29, 1.82) is 0 Å². The van der Waals surface area contributed by atoms with Crippen molar-refractivity contribution < 1.29 is 14.3 Å². The van der Waals surface area contributed by atoms with Crippen LogP contribution in [0.4, 0.5) is 0 Å². The van der Waals surface area contributed by atoms with Crippen LogP contribution in [0.2, 0.25) is 0 Å². The number of amides is 1. The fourth-order valence-electron chi connectivity index (χ4n) is 3.24. The molecule has 2 aromatic rings. The SMILES string of the molecule is O=C1CN(Cc2ccccc2)[C@@H](c2cccc3c2OCCCO3)N1. The molecule has 4 rings (SSSR count). The van der Waals surface area contributed by atoms with Crippen LogP contribution in [0.15, 0.2) is 48.5 Å². The summed E-state index contributed by atoms with van der Waals surface area (Å²) in [5, 5.41) is 3.06. The first kappa shape index (κ1) is 15.0. The minimum absolute atomic E-state index is 0.0306. The second kappa shape index (κ2) is 6.53. The van der Waals surface area contributed by atoms with Crippen LogP contribution in [0.3, 0.4) is 0 Å². The number of carbonyl (C=O) groups is 1. The van der Waals surface area contributed by atoms with Crippen LogP contribution in [0, 0.1) is 0 Å². The van der Waals surface area contributed by atoms with Crippen LogP contribution in [0.25, 0.3) is 0 Å². The van der Waals surface area contributed by atoms with Gasteiger partial charge in [-0.3, -0.25) is 9.69 Å². The first-order valence-corrected chi connectivity index (χ1v) is 8.27. The summed E-state index contributed by atoms with van der Waals surface area (Å²) in [5.41, 5.74) is 2.13. The van der Waals surface area contributed by atoms with Crippen LogP contribution >= 0.6 is 0 Å². The van der Waals surface area contributed by atoms with Crippen LogP contribution in [0.1, 0.15) is 23.7 Å². The Balaban J connectivity index is 1.65. The zero-order chi connectivity index (χ0) is 16.4. The van der Waals surface area contributed by atoms with Crippen molar-refractivity contribution in [3.05, 3.63) is 59.7 Å². The Morgan fingerprint density at radius 2 is 1.88 bits per heavy atom. The zero-order valence-corrected chi connectivity index (χ0v) is 13.4. The molecule has 1 saturated heterocycles. The van der Waals surface area contributed by atoms with Crippen LogP contribution < -0.4 is 14.8 Å². The lowest BCUT2D eigenvalue weighted by molar-refractivity contribution is -0.118. The molecular formula is C19H20N2O3. The van der Waals surface area contributed by atoms with Gasteiger partial charge in [-0.15, -0.1) is 0 Å². The Morgan fingerprint density at radius 1 is 1.04 bits per heavy atom. The molecule has 0 radical (unpaired) electrons. The maximum absolute atomic E-state index is 12.0. The molecule has 5 nitrogen and oxygen atoms in total. The minimum atomic E-state index is -0.200. The smallest absolute Gasteiger partial charge is 0.235 e. The van der Waals surface area contributed by atoms with Crippen molar-refractivity contribution in [3.63, 3.8) is 0 Å². The highest BCUT2D eigenvalue weighted by Gasteiger charge is 2.34. The number of carbonyl (C=O) groups excluding carboxylic acids is 1. The largest absolute Gasteiger partial charge is 0.490 e. The van der Waals surface area contributed by atoms with E-state index in [0.717, 1.165) is 23.5 Å². The van der Waals surface area contributed by atoms with Crippen LogP contribution in [-0.2, 0) is 11.3 Å². The molecule has 0 aliphatic carbocycles. The average Bonchev–Trinajstić information content (AvgIpc) is 2.82. The van der Waals surface area contributed by atoms with Crippen molar-refractivity contribution >= 4 is 5.91 Å². The Kier molecular flexibility index (Phi) is 4.09. The molecule has 2 aliphatic heterocycles. The summed E-state index contributed by atoms with van der Waals surface area (Å²) >= 11 is 0. The van der Waals surface area contributed by atoms with Gasteiger partial charge in [0, 0.05) is 18.5 Å². The first-order chi connectivity index (χ1) is 11.8. The number of nitrogens with one attached hydrogen (secondary N) is 1. The van der Waals surface area contributed by atoms with Gasteiger partial charge in [-0.05, 0) is 11.6 Å². The molecule has 1 fully saturated rings. The van der Waals surface area contributed by atoms with Crippen molar-refractivity contribution in [1.82, 2.24) is 10.2 Å². The molecule has 1 amide bonds. The summed E-state index contributed by atoms with van der Waals surface area (Å²) in [6.07, 6.45) is 0.660. The molecule has 0 spiro atoms. The Labute approximate surface area is 141 Å². The molecule has 24 heavy (non-hydrogen) atoms. The molecule has 0 saturated carbocycles. The quantitative estimate of drug-likeness (QED) is 0.942. The summed E-state index contributed by atoms with van der Waals surface area (Å²) in [5.74, 6) is 1.54. The van der Waals surface area contributed by atoms with E-state index in [9.17, 15) is 4.79 Å². The van der Waals surface area contributed by atoms with Gasteiger partial charge in [0.2, 0.25) is 5.91 Å². The third kappa shape index (κ3) is 2.95. The van der Waals surface area contributed by atoms with E-state index in [0.29, 0.717) is 26.3 Å². The van der Waals surface area contributed by atoms with Gasteiger partial charge in [0.1, 0.15) is 6.17 Å². The van der Waals surface area contributed by atoms with Gasteiger partial charge in [0.25, 0.3) is 0 Å². The van der Waals surface area contributed by atoms with Gasteiger partial charge in [-0.25, -0.2) is 0 Å². The van der Waals surface area contributed by atoms with Crippen molar-refractivity contribution in [2.24, 2.45) is 0 Å². The summed E-state index contributed by atoms with van der Waals surface area (Å²) in [6.45, 7) is 2.36. The molecule has 2 heterocycles. The number of ether oxygens (including phenoxy) is 2. The zero-order valence-electron chi connectivity index (χ0n) is 13.4. The molecule has 1 N–H and O–H groups in total. The normalized spacial score (nSPS) is 20.5. The molecule has 2 aliphatic rings. The summed E-state index contributed by atoms with van der Waals surface area (Å²) in [4.78, 5) is 14.2. The van der Waals surface area contributed by atoms with Crippen molar-refractivity contribution in [2.75, 3.05) is 19.8 Å². The molecule has 1 atom stereocenters. The maximum Gasteiger partial charge on any atom is 0.235 e. The lowest BCUT2D eigenvalue weighted by atomic mass is 10.1. The van der Waals surface area contributed by atoms with E-state index in [-0.39, 0.29) is 12.1 Å².